The monoisotopic (exact) mass is 173 g/mol. The molecule has 0 aromatic heterocycles. The van der Waals surface area contributed by atoms with E-state index in [0.29, 0.717) is 0 Å². The predicted molar refractivity (Wildman–Crippen MR) is 41.2 cm³/mol. The fourth-order valence-electron chi connectivity index (χ4n) is 2.46. The minimum Gasteiger partial charge on any atom is -0.352 e. The zero-order chi connectivity index (χ0) is 8.77. The van der Waals surface area contributed by atoms with Gasteiger partial charge < -0.3 is 15.4 Å². The van der Waals surface area contributed by atoms with Crippen LogP contribution in [0.3, 0.4) is 0 Å². The van der Waals surface area contributed by atoms with E-state index in [1.54, 1.807) is 0 Å². The van der Waals surface area contributed by atoms with Gasteiger partial charge in [-0.1, -0.05) is 12.8 Å². The quantitative estimate of drug-likeness (QED) is 0.460. The van der Waals surface area contributed by atoms with Gasteiger partial charge in [-0.25, -0.2) is 0 Å². The fourth-order valence-corrected chi connectivity index (χ4v) is 2.46. The van der Waals surface area contributed by atoms with Crippen molar-refractivity contribution in [2.45, 2.75) is 44.1 Å². The van der Waals surface area contributed by atoms with Gasteiger partial charge in [-0.2, -0.15) is 0 Å². The van der Waals surface area contributed by atoms with Gasteiger partial charge in [0.05, 0.1) is 0 Å². The van der Waals surface area contributed by atoms with Crippen LogP contribution in [0.1, 0.15) is 32.1 Å². The Morgan fingerprint density at radius 3 is 2.50 bits per heavy atom. The second-order valence-corrected chi connectivity index (χ2v) is 3.93. The van der Waals surface area contributed by atoms with Gasteiger partial charge in [0, 0.05) is 12.5 Å². The molecule has 1 heterocycles. The lowest BCUT2D eigenvalue weighted by Gasteiger charge is -2.29. The minimum absolute atomic E-state index is 0.0336. The number of hydrogen-bond acceptors (Lipinski definition) is 4. The van der Waals surface area contributed by atoms with E-state index in [4.69, 9.17) is 0 Å². The highest BCUT2D eigenvalue weighted by Crippen LogP contribution is 2.41. The SMILES string of the molecule is ON1C2CCCCC2CC1(O)O. The third-order valence-electron chi connectivity index (χ3n) is 3.09. The highest BCUT2D eigenvalue weighted by Gasteiger charge is 2.50. The molecule has 1 aliphatic carbocycles. The molecule has 1 aliphatic heterocycles. The third kappa shape index (κ3) is 1.15. The topological polar surface area (TPSA) is 63.9 Å². The normalized spacial score (nSPS) is 41.2. The minimum atomic E-state index is -1.97. The highest BCUT2D eigenvalue weighted by atomic mass is 16.6. The van der Waals surface area contributed by atoms with Crippen LogP contribution in [0.5, 0.6) is 0 Å². The van der Waals surface area contributed by atoms with Gasteiger partial charge in [0.2, 0.25) is 5.91 Å². The smallest absolute Gasteiger partial charge is 0.247 e. The largest absolute Gasteiger partial charge is 0.352 e. The second kappa shape index (κ2) is 2.67. The molecule has 0 radical (unpaired) electrons. The Hall–Kier alpha value is -0.160. The Balaban J connectivity index is 2.13. The van der Waals surface area contributed by atoms with Gasteiger partial charge in [-0.3, -0.25) is 0 Å². The summed E-state index contributed by atoms with van der Waals surface area (Å²) in [4.78, 5) is 0. The molecule has 0 aromatic carbocycles. The van der Waals surface area contributed by atoms with E-state index in [0.717, 1.165) is 30.7 Å². The summed E-state index contributed by atoms with van der Waals surface area (Å²) in [7, 11) is 0. The summed E-state index contributed by atoms with van der Waals surface area (Å²) in [6, 6.07) is -0.0336. The van der Waals surface area contributed by atoms with Crippen LogP contribution in [0, 0.1) is 5.92 Å². The Labute approximate surface area is 71.4 Å². The van der Waals surface area contributed by atoms with E-state index in [9.17, 15) is 15.4 Å². The molecule has 2 aliphatic rings. The molecule has 0 spiro atoms. The average Bonchev–Trinajstić information content (AvgIpc) is 2.24. The van der Waals surface area contributed by atoms with Gasteiger partial charge in [0.15, 0.2) is 0 Å². The molecular formula is C8H15NO3. The summed E-state index contributed by atoms with van der Waals surface area (Å²) < 4.78 is 0. The van der Waals surface area contributed by atoms with E-state index in [2.05, 4.69) is 0 Å². The molecule has 0 amide bonds. The fraction of sp³-hybridized carbons (Fsp3) is 1.00. The van der Waals surface area contributed by atoms with E-state index < -0.39 is 5.91 Å². The van der Waals surface area contributed by atoms with Gasteiger partial charge in [-0.15, -0.1) is 5.06 Å². The molecule has 4 nitrogen and oxygen atoms in total. The van der Waals surface area contributed by atoms with Crippen LogP contribution in [0.15, 0.2) is 0 Å². The molecule has 2 atom stereocenters. The summed E-state index contributed by atoms with van der Waals surface area (Å²) in [6.45, 7) is 0. The van der Waals surface area contributed by atoms with Crippen molar-refractivity contribution < 1.29 is 15.4 Å². The van der Waals surface area contributed by atoms with Crippen LogP contribution < -0.4 is 0 Å². The predicted octanol–water partition coefficient (Wildman–Crippen LogP) is 0.279. The Morgan fingerprint density at radius 2 is 1.83 bits per heavy atom. The van der Waals surface area contributed by atoms with E-state index >= 15 is 0 Å². The number of nitrogens with zero attached hydrogens (tertiary/aromatic N) is 1. The Bertz CT molecular complexity index is 183. The number of rotatable bonds is 0. The molecule has 4 heteroatoms. The zero-order valence-corrected chi connectivity index (χ0v) is 6.98. The molecule has 2 fully saturated rings. The van der Waals surface area contributed by atoms with Crippen LogP contribution in [-0.2, 0) is 0 Å². The first-order chi connectivity index (χ1) is 5.61. The molecule has 0 aromatic rings. The summed E-state index contributed by atoms with van der Waals surface area (Å²) in [5, 5.41) is 28.8. The maximum atomic E-state index is 9.39. The molecule has 2 unspecified atom stereocenters. The number of fused-ring (bicyclic) bond motifs is 1. The van der Waals surface area contributed by atoms with Crippen molar-refractivity contribution in [1.82, 2.24) is 5.06 Å². The van der Waals surface area contributed by atoms with Crippen LogP contribution >= 0.6 is 0 Å². The molecule has 70 valence electrons. The average molecular weight is 173 g/mol. The van der Waals surface area contributed by atoms with Crippen molar-refractivity contribution >= 4 is 0 Å². The molecule has 3 N–H and O–H groups in total. The van der Waals surface area contributed by atoms with Crippen molar-refractivity contribution in [3.8, 4) is 0 Å². The van der Waals surface area contributed by atoms with Crippen molar-refractivity contribution in [3.63, 3.8) is 0 Å². The van der Waals surface area contributed by atoms with E-state index in [-0.39, 0.29) is 18.4 Å². The van der Waals surface area contributed by atoms with Gasteiger partial charge in [0.1, 0.15) is 0 Å². The third-order valence-corrected chi connectivity index (χ3v) is 3.09. The van der Waals surface area contributed by atoms with Crippen LogP contribution in [-0.4, -0.2) is 32.4 Å². The first kappa shape index (κ1) is 8.44. The van der Waals surface area contributed by atoms with Gasteiger partial charge >= 0.3 is 0 Å². The molecule has 0 bridgehead atoms. The first-order valence-electron chi connectivity index (χ1n) is 4.54. The van der Waals surface area contributed by atoms with Crippen LogP contribution in [0.25, 0.3) is 0 Å². The standard InChI is InChI=1S/C8H15NO3/c10-8(11)5-6-3-1-2-4-7(6)9(8)12/h6-7,10-12H,1-5H2. The molecule has 1 saturated heterocycles. The molecule has 1 saturated carbocycles. The zero-order valence-electron chi connectivity index (χ0n) is 6.98. The lowest BCUT2D eigenvalue weighted by atomic mass is 9.85. The van der Waals surface area contributed by atoms with Crippen molar-refractivity contribution in [2.75, 3.05) is 0 Å². The maximum absolute atomic E-state index is 9.39. The van der Waals surface area contributed by atoms with E-state index in [1.807, 2.05) is 0 Å². The van der Waals surface area contributed by atoms with Crippen molar-refractivity contribution in [1.29, 1.82) is 0 Å². The van der Waals surface area contributed by atoms with Gasteiger partial charge in [-0.05, 0) is 18.8 Å². The number of aliphatic hydroxyl groups is 2. The lowest BCUT2D eigenvalue weighted by molar-refractivity contribution is -0.352. The van der Waals surface area contributed by atoms with Crippen molar-refractivity contribution in [2.24, 2.45) is 5.92 Å². The maximum Gasteiger partial charge on any atom is 0.247 e. The second-order valence-electron chi connectivity index (χ2n) is 3.93. The number of hydrogen-bond donors (Lipinski definition) is 3. The highest BCUT2D eigenvalue weighted by molar-refractivity contribution is 4.90. The summed E-state index contributed by atoms with van der Waals surface area (Å²) in [5.74, 6) is -1.71. The van der Waals surface area contributed by atoms with Gasteiger partial charge in [0.25, 0.3) is 0 Å². The first-order valence-corrected chi connectivity index (χ1v) is 4.54. The van der Waals surface area contributed by atoms with Crippen molar-refractivity contribution in [3.05, 3.63) is 0 Å². The molecule has 12 heavy (non-hydrogen) atoms. The Morgan fingerprint density at radius 1 is 1.17 bits per heavy atom. The summed E-state index contributed by atoms with van der Waals surface area (Å²) in [6.07, 6.45) is 4.39. The Kier molecular flexibility index (Phi) is 1.88. The molecule has 2 rings (SSSR count). The number of hydroxylamine groups is 2. The lowest BCUT2D eigenvalue weighted by Crippen LogP contribution is -2.45. The summed E-state index contributed by atoms with van der Waals surface area (Å²) >= 11 is 0. The van der Waals surface area contributed by atoms with E-state index in [1.165, 1.54) is 0 Å². The molecular weight excluding hydrogens is 158 g/mol. The summed E-state index contributed by atoms with van der Waals surface area (Å²) in [5.41, 5.74) is 0. The van der Waals surface area contributed by atoms with Crippen LogP contribution in [0.4, 0.5) is 0 Å². The van der Waals surface area contributed by atoms with Crippen LogP contribution in [0.2, 0.25) is 0 Å².